The molecule has 0 unspecified atom stereocenters. The van der Waals surface area contributed by atoms with Crippen LogP contribution >= 0.6 is 11.6 Å². The van der Waals surface area contributed by atoms with Crippen LogP contribution in [0.2, 0.25) is 5.02 Å². The second kappa shape index (κ2) is 6.15. The van der Waals surface area contributed by atoms with E-state index in [0.29, 0.717) is 28.0 Å². The minimum atomic E-state index is -0.281. The molecule has 1 aliphatic heterocycles. The number of carbonyl (C=O) groups is 1. The van der Waals surface area contributed by atoms with Crippen LogP contribution in [0.3, 0.4) is 0 Å². The van der Waals surface area contributed by atoms with Gasteiger partial charge in [-0.15, -0.1) is 0 Å². The average Bonchev–Trinajstić information content (AvgIpc) is 2.96. The lowest BCUT2D eigenvalue weighted by Gasteiger charge is -2.09. The van der Waals surface area contributed by atoms with E-state index in [-0.39, 0.29) is 19.3 Å². The Hall–Kier alpha value is -2.40. The van der Waals surface area contributed by atoms with E-state index in [4.69, 9.17) is 25.8 Å². The van der Waals surface area contributed by atoms with Gasteiger partial charge in [-0.05, 0) is 36.8 Å². The van der Waals surface area contributed by atoms with Gasteiger partial charge in [-0.3, -0.25) is 4.79 Å². The number of hydrogen-bond donors (Lipinski definition) is 1. The van der Waals surface area contributed by atoms with Crippen LogP contribution in [0.25, 0.3) is 0 Å². The first kappa shape index (κ1) is 14.5. The summed E-state index contributed by atoms with van der Waals surface area (Å²) < 4.78 is 15.9. The maximum Gasteiger partial charge on any atom is 0.262 e. The third-order valence-corrected chi connectivity index (χ3v) is 3.41. The number of fused-ring (bicyclic) bond motifs is 1. The predicted octanol–water partition coefficient (Wildman–Crippen LogP) is 3.39. The Morgan fingerprint density at radius 3 is 2.91 bits per heavy atom. The summed E-state index contributed by atoms with van der Waals surface area (Å²) >= 11 is 6.02. The molecule has 0 radical (unpaired) electrons. The number of aryl methyl sites for hydroxylation is 1. The van der Waals surface area contributed by atoms with Gasteiger partial charge in [-0.2, -0.15) is 0 Å². The highest BCUT2D eigenvalue weighted by Gasteiger charge is 2.14. The molecule has 0 saturated carbocycles. The minimum Gasteiger partial charge on any atom is -0.482 e. The third-order valence-electron chi connectivity index (χ3n) is 3.10. The van der Waals surface area contributed by atoms with Crippen molar-refractivity contribution in [3.8, 4) is 17.2 Å². The molecule has 2 aromatic rings. The van der Waals surface area contributed by atoms with Crippen molar-refractivity contribution in [1.29, 1.82) is 0 Å². The monoisotopic (exact) mass is 319 g/mol. The SMILES string of the molecule is Cc1ccc(Cl)c(OCC(=O)Nc2ccc3c(c2)OCO3)c1. The molecule has 5 nitrogen and oxygen atoms in total. The quantitative estimate of drug-likeness (QED) is 0.938. The van der Waals surface area contributed by atoms with Crippen LogP contribution in [0.4, 0.5) is 5.69 Å². The minimum absolute atomic E-state index is 0.127. The van der Waals surface area contributed by atoms with E-state index in [2.05, 4.69) is 5.32 Å². The molecule has 22 heavy (non-hydrogen) atoms. The fourth-order valence-corrected chi connectivity index (χ4v) is 2.21. The van der Waals surface area contributed by atoms with E-state index in [0.717, 1.165) is 5.56 Å². The van der Waals surface area contributed by atoms with Gasteiger partial charge in [0.2, 0.25) is 6.79 Å². The molecule has 6 heteroatoms. The summed E-state index contributed by atoms with van der Waals surface area (Å²) in [5.74, 6) is 1.49. The lowest BCUT2D eigenvalue weighted by Crippen LogP contribution is -2.20. The summed E-state index contributed by atoms with van der Waals surface area (Å²) in [6.45, 7) is 2.00. The molecule has 1 aliphatic rings. The fraction of sp³-hybridized carbons (Fsp3) is 0.188. The number of nitrogens with one attached hydrogen (secondary N) is 1. The van der Waals surface area contributed by atoms with Crippen LogP contribution < -0.4 is 19.5 Å². The molecule has 2 aromatic carbocycles. The van der Waals surface area contributed by atoms with Crippen molar-refractivity contribution in [2.45, 2.75) is 6.92 Å². The molecular weight excluding hydrogens is 306 g/mol. The summed E-state index contributed by atoms with van der Waals surface area (Å²) in [5.41, 5.74) is 1.63. The highest BCUT2D eigenvalue weighted by Crippen LogP contribution is 2.34. The first-order valence-electron chi connectivity index (χ1n) is 6.70. The van der Waals surface area contributed by atoms with Crippen molar-refractivity contribution in [2.24, 2.45) is 0 Å². The van der Waals surface area contributed by atoms with Gasteiger partial charge in [0, 0.05) is 11.8 Å². The molecule has 114 valence electrons. The Labute approximate surface area is 132 Å². The van der Waals surface area contributed by atoms with Gasteiger partial charge in [-0.1, -0.05) is 17.7 Å². The van der Waals surface area contributed by atoms with Gasteiger partial charge in [0.1, 0.15) is 5.75 Å². The lowest BCUT2D eigenvalue weighted by atomic mass is 10.2. The number of carbonyl (C=O) groups excluding carboxylic acids is 1. The Balaban J connectivity index is 1.59. The predicted molar refractivity (Wildman–Crippen MR) is 82.9 cm³/mol. The van der Waals surface area contributed by atoms with E-state index < -0.39 is 0 Å². The van der Waals surface area contributed by atoms with Crippen LogP contribution in [0.15, 0.2) is 36.4 Å². The zero-order valence-corrected chi connectivity index (χ0v) is 12.6. The molecule has 1 heterocycles. The normalized spacial score (nSPS) is 12.1. The number of ether oxygens (including phenoxy) is 3. The van der Waals surface area contributed by atoms with Gasteiger partial charge in [0.15, 0.2) is 18.1 Å². The molecule has 0 atom stereocenters. The Kier molecular flexibility index (Phi) is 4.06. The van der Waals surface area contributed by atoms with Crippen molar-refractivity contribution < 1.29 is 19.0 Å². The van der Waals surface area contributed by atoms with Crippen LogP contribution in [0.5, 0.6) is 17.2 Å². The highest BCUT2D eigenvalue weighted by atomic mass is 35.5. The highest BCUT2D eigenvalue weighted by molar-refractivity contribution is 6.32. The number of hydrogen-bond acceptors (Lipinski definition) is 4. The van der Waals surface area contributed by atoms with Crippen LogP contribution in [-0.2, 0) is 4.79 Å². The van der Waals surface area contributed by atoms with Gasteiger partial charge in [-0.25, -0.2) is 0 Å². The Morgan fingerprint density at radius 1 is 1.23 bits per heavy atom. The van der Waals surface area contributed by atoms with E-state index in [9.17, 15) is 4.79 Å². The number of amides is 1. The number of rotatable bonds is 4. The van der Waals surface area contributed by atoms with Crippen LogP contribution in [0.1, 0.15) is 5.56 Å². The lowest BCUT2D eigenvalue weighted by molar-refractivity contribution is -0.118. The molecular formula is C16H14ClNO4. The zero-order chi connectivity index (χ0) is 15.5. The second-order valence-corrected chi connectivity index (χ2v) is 5.25. The van der Waals surface area contributed by atoms with Crippen molar-refractivity contribution >= 4 is 23.2 Å². The summed E-state index contributed by atoms with van der Waals surface area (Å²) in [6.07, 6.45) is 0. The number of benzene rings is 2. The molecule has 0 aliphatic carbocycles. The van der Waals surface area contributed by atoms with E-state index >= 15 is 0 Å². The summed E-state index contributed by atoms with van der Waals surface area (Å²) in [7, 11) is 0. The average molecular weight is 320 g/mol. The van der Waals surface area contributed by atoms with Crippen molar-refractivity contribution in [2.75, 3.05) is 18.7 Å². The summed E-state index contributed by atoms with van der Waals surface area (Å²) in [6, 6.07) is 10.6. The van der Waals surface area contributed by atoms with E-state index in [1.807, 2.05) is 13.0 Å². The zero-order valence-electron chi connectivity index (χ0n) is 11.9. The number of anilines is 1. The fourth-order valence-electron chi connectivity index (χ4n) is 2.04. The molecule has 0 aromatic heterocycles. The second-order valence-electron chi connectivity index (χ2n) is 4.84. The molecule has 0 spiro atoms. The van der Waals surface area contributed by atoms with Crippen LogP contribution in [0, 0.1) is 6.92 Å². The van der Waals surface area contributed by atoms with Crippen LogP contribution in [-0.4, -0.2) is 19.3 Å². The Morgan fingerprint density at radius 2 is 2.05 bits per heavy atom. The van der Waals surface area contributed by atoms with E-state index in [1.54, 1.807) is 30.3 Å². The first-order chi connectivity index (χ1) is 10.6. The van der Waals surface area contributed by atoms with E-state index in [1.165, 1.54) is 0 Å². The maximum atomic E-state index is 11.9. The Bertz CT molecular complexity index is 717. The molecule has 0 fully saturated rings. The molecule has 0 bridgehead atoms. The first-order valence-corrected chi connectivity index (χ1v) is 7.08. The molecule has 0 saturated heterocycles. The summed E-state index contributed by atoms with van der Waals surface area (Å²) in [5, 5.41) is 3.21. The standard InChI is InChI=1S/C16H14ClNO4/c1-10-2-4-12(17)14(6-10)20-8-16(19)18-11-3-5-13-15(7-11)22-9-21-13/h2-7H,8-9H2,1H3,(H,18,19). The van der Waals surface area contributed by atoms with Gasteiger partial charge >= 0.3 is 0 Å². The largest absolute Gasteiger partial charge is 0.482 e. The number of halogens is 1. The van der Waals surface area contributed by atoms with Crippen molar-refractivity contribution in [3.05, 3.63) is 47.0 Å². The van der Waals surface area contributed by atoms with Gasteiger partial charge in [0.05, 0.1) is 5.02 Å². The molecule has 1 amide bonds. The topological polar surface area (TPSA) is 56.8 Å². The van der Waals surface area contributed by atoms with Crippen molar-refractivity contribution in [3.63, 3.8) is 0 Å². The molecule has 1 N–H and O–H groups in total. The maximum absolute atomic E-state index is 11.9. The van der Waals surface area contributed by atoms with Gasteiger partial charge in [0.25, 0.3) is 5.91 Å². The summed E-state index contributed by atoms with van der Waals surface area (Å²) in [4.78, 5) is 11.9. The third kappa shape index (κ3) is 3.26. The molecule has 3 rings (SSSR count). The van der Waals surface area contributed by atoms with Crippen molar-refractivity contribution in [1.82, 2.24) is 0 Å². The van der Waals surface area contributed by atoms with Gasteiger partial charge < -0.3 is 19.5 Å². The smallest absolute Gasteiger partial charge is 0.262 e.